The van der Waals surface area contributed by atoms with Gasteiger partial charge in [-0.3, -0.25) is 4.79 Å². The molecule has 0 unspecified atom stereocenters. The predicted octanol–water partition coefficient (Wildman–Crippen LogP) is 3.20. The number of hydrogen-bond acceptors (Lipinski definition) is 1. The van der Waals surface area contributed by atoms with E-state index in [2.05, 4.69) is 0 Å². The highest BCUT2D eigenvalue weighted by molar-refractivity contribution is 6.09. The summed E-state index contributed by atoms with van der Waals surface area (Å²) in [5.41, 5.74) is 0.264. The Morgan fingerprint density at radius 2 is 1.50 bits per heavy atom. The van der Waals surface area contributed by atoms with Gasteiger partial charge >= 0.3 is 0 Å². The number of ketones is 1. The van der Waals surface area contributed by atoms with E-state index in [1.165, 1.54) is 42.5 Å². The molecule has 0 saturated carbocycles. The summed E-state index contributed by atoms with van der Waals surface area (Å²) >= 11 is 0. The van der Waals surface area contributed by atoms with Crippen LogP contribution in [0.5, 0.6) is 0 Å². The molecule has 0 bridgehead atoms. The minimum Gasteiger partial charge on any atom is -0.288 e. The van der Waals surface area contributed by atoms with Crippen molar-refractivity contribution in [3.8, 4) is 0 Å². The lowest BCUT2D eigenvalue weighted by molar-refractivity contribution is 0.103. The average Bonchev–Trinajstić information content (AvgIpc) is 2.30. The molecule has 0 aromatic heterocycles. The second-order valence-electron chi connectivity index (χ2n) is 3.32. The zero-order valence-corrected chi connectivity index (χ0v) is 8.28. The van der Waals surface area contributed by atoms with Gasteiger partial charge < -0.3 is 0 Å². The molecule has 0 N–H and O–H groups in total. The normalized spacial score (nSPS) is 10.1. The molecule has 0 fully saturated rings. The third-order valence-corrected chi connectivity index (χ3v) is 2.22. The summed E-state index contributed by atoms with van der Waals surface area (Å²) in [7, 11) is 0. The van der Waals surface area contributed by atoms with Gasteiger partial charge in [0.15, 0.2) is 5.78 Å². The van der Waals surface area contributed by atoms with E-state index in [0.717, 1.165) is 0 Å². The molecule has 0 aliphatic rings. The van der Waals surface area contributed by atoms with Crippen molar-refractivity contribution < 1.29 is 13.6 Å². The van der Waals surface area contributed by atoms with Gasteiger partial charge in [-0.1, -0.05) is 12.1 Å². The molecular formula is C13H8F2O. The van der Waals surface area contributed by atoms with Gasteiger partial charge in [-0.05, 0) is 36.4 Å². The number of carbonyl (C=O) groups is 1. The first-order chi connectivity index (χ1) is 7.68. The number of hydrogen-bond donors (Lipinski definition) is 0. The van der Waals surface area contributed by atoms with Gasteiger partial charge in [-0.15, -0.1) is 0 Å². The van der Waals surface area contributed by atoms with E-state index >= 15 is 0 Å². The first kappa shape index (κ1) is 10.5. The van der Waals surface area contributed by atoms with Crippen LogP contribution in [0.2, 0.25) is 0 Å². The van der Waals surface area contributed by atoms with Gasteiger partial charge in [0.2, 0.25) is 0 Å². The van der Waals surface area contributed by atoms with Crippen molar-refractivity contribution in [2.45, 2.75) is 0 Å². The van der Waals surface area contributed by atoms with E-state index < -0.39 is 17.4 Å². The van der Waals surface area contributed by atoms with Crippen molar-refractivity contribution in [2.24, 2.45) is 0 Å². The molecule has 16 heavy (non-hydrogen) atoms. The molecule has 0 aliphatic heterocycles. The summed E-state index contributed by atoms with van der Waals surface area (Å²) < 4.78 is 26.0. The predicted molar refractivity (Wildman–Crippen MR) is 56.2 cm³/mol. The summed E-state index contributed by atoms with van der Waals surface area (Å²) in [4.78, 5) is 11.8. The van der Waals surface area contributed by atoms with Gasteiger partial charge in [0, 0.05) is 5.56 Å². The van der Waals surface area contributed by atoms with Crippen molar-refractivity contribution in [1.29, 1.82) is 0 Å². The van der Waals surface area contributed by atoms with Gasteiger partial charge in [0.1, 0.15) is 11.6 Å². The Balaban J connectivity index is 2.40. The highest BCUT2D eigenvalue weighted by atomic mass is 19.1. The van der Waals surface area contributed by atoms with Crippen molar-refractivity contribution in [1.82, 2.24) is 0 Å². The van der Waals surface area contributed by atoms with Gasteiger partial charge in [0.25, 0.3) is 0 Å². The Hall–Kier alpha value is -2.03. The van der Waals surface area contributed by atoms with Crippen LogP contribution in [0.4, 0.5) is 8.78 Å². The van der Waals surface area contributed by atoms with E-state index in [-0.39, 0.29) is 11.1 Å². The van der Waals surface area contributed by atoms with Gasteiger partial charge in [-0.25, -0.2) is 8.78 Å². The van der Waals surface area contributed by atoms with Crippen LogP contribution < -0.4 is 0 Å². The molecule has 3 heteroatoms. The fourth-order valence-corrected chi connectivity index (χ4v) is 1.40. The summed E-state index contributed by atoms with van der Waals surface area (Å²) in [6.07, 6.45) is 0. The Morgan fingerprint density at radius 1 is 0.875 bits per heavy atom. The number of benzene rings is 2. The maximum absolute atomic E-state index is 13.3. The summed E-state index contributed by atoms with van der Waals surface area (Å²) in [6.45, 7) is 0. The van der Waals surface area contributed by atoms with Crippen LogP contribution in [0.1, 0.15) is 15.9 Å². The minimum atomic E-state index is -0.572. The molecule has 2 aromatic carbocycles. The monoisotopic (exact) mass is 218 g/mol. The van der Waals surface area contributed by atoms with E-state index in [9.17, 15) is 13.6 Å². The van der Waals surface area contributed by atoms with Crippen LogP contribution in [0.3, 0.4) is 0 Å². The second kappa shape index (κ2) is 4.23. The molecule has 0 saturated heterocycles. The molecule has 0 heterocycles. The maximum atomic E-state index is 13.3. The Labute approximate surface area is 91.3 Å². The van der Waals surface area contributed by atoms with E-state index in [1.807, 2.05) is 0 Å². The number of halogens is 2. The highest BCUT2D eigenvalue weighted by Gasteiger charge is 2.12. The third-order valence-electron chi connectivity index (χ3n) is 2.22. The molecule has 80 valence electrons. The number of carbonyl (C=O) groups excluding carboxylic acids is 1. The zero-order chi connectivity index (χ0) is 11.5. The van der Waals surface area contributed by atoms with Crippen LogP contribution in [-0.4, -0.2) is 5.78 Å². The first-order valence-electron chi connectivity index (χ1n) is 4.73. The fourth-order valence-electron chi connectivity index (χ4n) is 1.40. The first-order valence-corrected chi connectivity index (χ1v) is 4.73. The zero-order valence-electron chi connectivity index (χ0n) is 8.28. The molecule has 0 aliphatic carbocycles. The standard InChI is InChI=1S/C13H8F2O/c14-10-7-5-9(6-8-10)13(16)11-3-1-2-4-12(11)15/h1-8H. The van der Waals surface area contributed by atoms with Gasteiger partial charge in [-0.2, -0.15) is 0 Å². The largest absolute Gasteiger partial charge is 0.288 e. The minimum absolute atomic E-state index is 0.00546. The van der Waals surface area contributed by atoms with E-state index in [0.29, 0.717) is 0 Å². The molecule has 0 spiro atoms. The summed E-state index contributed by atoms with van der Waals surface area (Å²) in [5.74, 6) is -1.44. The Morgan fingerprint density at radius 3 is 2.12 bits per heavy atom. The van der Waals surface area contributed by atoms with Crippen LogP contribution >= 0.6 is 0 Å². The highest BCUT2D eigenvalue weighted by Crippen LogP contribution is 2.13. The van der Waals surface area contributed by atoms with Crippen LogP contribution in [0.15, 0.2) is 48.5 Å². The molecule has 1 nitrogen and oxygen atoms in total. The van der Waals surface area contributed by atoms with Crippen molar-refractivity contribution in [3.05, 3.63) is 71.3 Å². The van der Waals surface area contributed by atoms with E-state index in [1.54, 1.807) is 6.07 Å². The Bertz CT molecular complexity index is 518. The second-order valence-corrected chi connectivity index (χ2v) is 3.32. The van der Waals surface area contributed by atoms with Crippen LogP contribution in [-0.2, 0) is 0 Å². The quantitative estimate of drug-likeness (QED) is 0.707. The van der Waals surface area contributed by atoms with Crippen molar-refractivity contribution >= 4 is 5.78 Å². The molecule has 0 amide bonds. The third kappa shape index (κ3) is 1.98. The maximum Gasteiger partial charge on any atom is 0.195 e. The fraction of sp³-hybridized carbons (Fsp3) is 0. The Kier molecular flexibility index (Phi) is 2.77. The lowest BCUT2D eigenvalue weighted by Crippen LogP contribution is -2.03. The molecule has 0 radical (unpaired) electrons. The smallest absolute Gasteiger partial charge is 0.195 e. The average molecular weight is 218 g/mol. The molecule has 0 atom stereocenters. The van der Waals surface area contributed by atoms with Gasteiger partial charge in [0.05, 0.1) is 5.56 Å². The lowest BCUT2D eigenvalue weighted by atomic mass is 10.0. The lowest BCUT2D eigenvalue weighted by Gasteiger charge is -2.02. The number of rotatable bonds is 2. The summed E-state index contributed by atoms with van der Waals surface area (Å²) in [5, 5.41) is 0. The summed E-state index contributed by atoms with van der Waals surface area (Å²) in [6, 6.07) is 10.7. The molecular weight excluding hydrogens is 210 g/mol. The van der Waals surface area contributed by atoms with Crippen molar-refractivity contribution in [3.63, 3.8) is 0 Å². The van der Waals surface area contributed by atoms with Crippen molar-refractivity contribution in [2.75, 3.05) is 0 Å². The SMILES string of the molecule is O=C(c1ccc(F)cc1)c1ccccc1F. The van der Waals surface area contributed by atoms with Crippen LogP contribution in [0, 0.1) is 11.6 Å². The molecule has 2 rings (SSSR count). The molecule has 2 aromatic rings. The van der Waals surface area contributed by atoms with Crippen LogP contribution in [0.25, 0.3) is 0 Å². The van der Waals surface area contributed by atoms with E-state index in [4.69, 9.17) is 0 Å². The topological polar surface area (TPSA) is 17.1 Å².